The first-order chi connectivity index (χ1) is 11.4. The summed E-state index contributed by atoms with van der Waals surface area (Å²) in [5.74, 6) is 2.22. The maximum atomic E-state index is 2.23. The summed E-state index contributed by atoms with van der Waals surface area (Å²) in [6.45, 7) is 13.4. The van der Waals surface area contributed by atoms with Crippen LogP contribution >= 0.6 is 0 Å². The van der Waals surface area contributed by atoms with Gasteiger partial charge in [-0.2, -0.15) is 0 Å². The average Bonchev–Trinajstić information content (AvgIpc) is 3.29. The van der Waals surface area contributed by atoms with Crippen molar-refractivity contribution < 1.29 is 38.6 Å². The third-order valence-corrected chi connectivity index (χ3v) is 4.62. The molecule has 0 bridgehead atoms. The van der Waals surface area contributed by atoms with Crippen LogP contribution in [0.5, 0.6) is 0 Å². The van der Waals surface area contributed by atoms with Crippen molar-refractivity contribution in [2.75, 3.05) is 0 Å². The van der Waals surface area contributed by atoms with Gasteiger partial charge in [-0.15, -0.1) is 0 Å². The van der Waals surface area contributed by atoms with Gasteiger partial charge in [0.2, 0.25) is 0 Å². The van der Waals surface area contributed by atoms with Crippen molar-refractivity contribution >= 4 is 0 Å². The van der Waals surface area contributed by atoms with Gasteiger partial charge in [-0.3, -0.25) is 0 Å². The van der Waals surface area contributed by atoms with Crippen molar-refractivity contribution in [1.82, 2.24) is 0 Å². The summed E-state index contributed by atoms with van der Waals surface area (Å²) in [7, 11) is 0. The van der Waals surface area contributed by atoms with Crippen molar-refractivity contribution in [2.24, 2.45) is 17.8 Å². The zero-order chi connectivity index (χ0) is 17.9. The van der Waals surface area contributed by atoms with Gasteiger partial charge in [-0.25, -0.2) is 0 Å². The molecule has 0 nitrogen and oxygen atoms in total. The average molecular weight is 483 g/mol. The first-order valence-corrected chi connectivity index (χ1v) is 9.48. The van der Waals surface area contributed by atoms with E-state index in [0.29, 0.717) is 0 Å². The van der Waals surface area contributed by atoms with Crippen LogP contribution in [0, 0.1) is 56.4 Å². The van der Waals surface area contributed by atoms with Crippen molar-refractivity contribution in [2.45, 2.75) is 60.8 Å². The molecular weight excluding hydrogens is 447 g/mol. The van der Waals surface area contributed by atoms with Crippen molar-refractivity contribution in [3.8, 4) is 0 Å². The van der Waals surface area contributed by atoms with E-state index in [0.717, 1.165) is 17.8 Å². The molecule has 0 spiro atoms. The second kappa shape index (κ2) is 13.9. The number of allylic oxidation sites excluding steroid dienone is 12. The van der Waals surface area contributed by atoms with Crippen LogP contribution in [0.3, 0.4) is 0 Å². The van der Waals surface area contributed by atoms with Crippen molar-refractivity contribution in [3.05, 3.63) is 71.4 Å². The number of hydrogen-bond acceptors (Lipinski definition) is 0. The van der Waals surface area contributed by atoms with E-state index >= 15 is 0 Å². The van der Waals surface area contributed by atoms with E-state index < -0.39 is 0 Å². The maximum absolute atomic E-state index is 2.23. The molecule has 25 heavy (non-hydrogen) atoms. The summed E-state index contributed by atoms with van der Waals surface area (Å²) in [6, 6.07) is 0. The van der Waals surface area contributed by atoms with E-state index in [9.17, 15) is 0 Å². The molecule has 0 fully saturated rings. The summed E-state index contributed by atoms with van der Waals surface area (Å²) < 4.78 is 0. The molecule has 0 heterocycles. The third-order valence-electron chi connectivity index (χ3n) is 4.62. The normalized spacial score (nSPS) is 16.9. The first-order valence-electron chi connectivity index (χ1n) is 9.48. The van der Waals surface area contributed by atoms with Gasteiger partial charge < -0.3 is 0 Å². The van der Waals surface area contributed by atoms with Gasteiger partial charge in [0.25, 0.3) is 0 Å². The minimum atomic E-state index is 0. The van der Waals surface area contributed by atoms with Crippen molar-refractivity contribution in [3.63, 3.8) is 0 Å². The van der Waals surface area contributed by atoms with E-state index in [1.165, 1.54) is 19.3 Å². The van der Waals surface area contributed by atoms with Crippen LogP contribution in [0.1, 0.15) is 60.8 Å². The second-order valence-corrected chi connectivity index (χ2v) is 7.59. The molecule has 0 aromatic carbocycles. The van der Waals surface area contributed by atoms with Gasteiger partial charge in [0.1, 0.15) is 0 Å². The van der Waals surface area contributed by atoms with Crippen LogP contribution < -0.4 is 0 Å². The fourth-order valence-electron chi connectivity index (χ4n) is 2.68. The summed E-state index contributed by atoms with van der Waals surface area (Å²) >= 11 is 0. The molecular formula is C24H36Tb. The Morgan fingerprint density at radius 1 is 0.520 bits per heavy atom. The molecule has 3 aliphatic rings. The second-order valence-electron chi connectivity index (χ2n) is 7.59. The quantitative estimate of drug-likeness (QED) is 0.388. The van der Waals surface area contributed by atoms with Gasteiger partial charge in [-0.1, -0.05) is 113 Å². The number of hydrogen-bond donors (Lipinski definition) is 0. The van der Waals surface area contributed by atoms with Gasteiger partial charge in [0, 0.05) is 38.6 Å². The fourth-order valence-corrected chi connectivity index (χ4v) is 2.68. The monoisotopic (exact) mass is 483 g/mol. The minimum absolute atomic E-state index is 0. The van der Waals surface area contributed by atoms with E-state index in [1.807, 2.05) is 0 Å². The van der Waals surface area contributed by atoms with Gasteiger partial charge in [-0.05, 0) is 37.0 Å². The smallest absolute Gasteiger partial charge is 0 e. The maximum Gasteiger partial charge on any atom is 0 e. The Kier molecular flexibility index (Phi) is 13.7. The number of rotatable bonds is 3. The Labute approximate surface area is 187 Å². The summed E-state index contributed by atoms with van der Waals surface area (Å²) in [4.78, 5) is 0. The molecule has 0 aliphatic heterocycles. The largest absolute Gasteiger partial charge is 0.0805 e. The Balaban J connectivity index is 0.000000339. The summed E-state index contributed by atoms with van der Waals surface area (Å²) in [6.07, 6.45) is 23.2. The van der Waals surface area contributed by atoms with E-state index in [2.05, 4.69) is 96.2 Å². The van der Waals surface area contributed by atoms with Crippen molar-refractivity contribution in [1.29, 1.82) is 0 Å². The molecule has 0 atom stereocenters. The van der Waals surface area contributed by atoms with Crippen LogP contribution in [-0.2, 0) is 0 Å². The molecule has 0 unspecified atom stereocenters. The Hall–Kier alpha value is -0.274. The van der Waals surface area contributed by atoms with Crippen LogP contribution in [0.4, 0.5) is 0 Å². The van der Waals surface area contributed by atoms with Crippen LogP contribution in [0.15, 0.2) is 71.4 Å². The Bertz CT molecular complexity index is 468. The predicted molar refractivity (Wildman–Crippen MR) is 110 cm³/mol. The van der Waals surface area contributed by atoms with E-state index in [4.69, 9.17) is 0 Å². The summed E-state index contributed by atoms with van der Waals surface area (Å²) in [5.41, 5.74) is 4.68. The molecule has 0 aromatic rings. The summed E-state index contributed by atoms with van der Waals surface area (Å²) in [5, 5.41) is 0. The SMILES string of the molecule is CC(C)C1=CC=CC1.CC(C)C1=CC=CC1.CC(C)C1=CC=CC1.[Tb]. The van der Waals surface area contributed by atoms with Gasteiger partial charge >= 0.3 is 0 Å². The molecule has 1 radical (unpaired) electrons. The molecule has 3 rings (SSSR count). The van der Waals surface area contributed by atoms with E-state index in [-0.39, 0.29) is 38.6 Å². The van der Waals surface area contributed by atoms with Crippen LogP contribution in [-0.4, -0.2) is 0 Å². The molecule has 0 N–H and O–H groups in total. The Morgan fingerprint density at radius 2 is 0.760 bits per heavy atom. The zero-order valence-electron chi connectivity index (χ0n) is 16.9. The molecule has 141 valence electrons. The standard InChI is InChI=1S/3C8H12.Tb/c3*1-7(2)8-5-3-4-6-8;/h3*3-5,7H,6H2,1-2H3;. The van der Waals surface area contributed by atoms with E-state index in [1.54, 1.807) is 16.7 Å². The minimum Gasteiger partial charge on any atom is -0.0805 e. The fraction of sp³-hybridized carbons (Fsp3) is 0.500. The van der Waals surface area contributed by atoms with Crippen LogP contribution in [0.25, 0.3) is 0 Å². The predicted octanol–water partition coefficient (Wildman–Crippen LogP) is 7.59. The van der Waals surface area contributed by atoms with Crippen LogP contribution in [0.2, 0.25) is 0 Å². The molecule has 0 saturated heterocycles. The Morgan fingerprint density at radius 3 is 0.840 bits per heavy atom. The molecule has 0 saturated carbocycles. The topological polar surface area (TPSA) is 0 Å². The molecule has 3 aliphatic carbocycles. The van der Waals surface area contributed by atoms with Gasteiger partial charge in [0.05, 0.1) is 0 Å². The molecule has 0 aromatic heterocycles. The molecule has 1 heteroatoms. The van der Waals surface area contributed by atoms with Gasteiger partial charge in [0.15, 0.2) is 0 Å². The first kappa shape index (κ1) is 24.7. The third kappa shape index (κ3) is 10.5. The molecule has 0 amide bonds. The zero-order valence-corrected chi connectivity index (χ0v) is 19.0.